The van der Waals surface area contributed by atoms with Crippen LogP contribution < -0.4 is 4.74 Å². The van der Waals surface area contributed by atoms with Crippen LogP contribution in [0.5, 0.6) is 10.9 Å². The molecule has 0 spiro atoms. The van der Waals surface area contributed by atoms with Crippen molar-refractivity contribution in [3.05, 3.63) is 70.5 Å². The van der Waals surface area contributed by atoms with Crippen molar-refractivity contribution in [2.45, 2.75) is 34.1 Å². The number of benzene rings is 2. The normalized spacial score (nSPS) is 10.7. The van der Waals surface area contributed by atoms with Crippen molar-refractivity contribution in [1.82, 2.24) is 14.3 Å². The third kappa shape index (κ3) is 4.75. The zero-order chi connectivity index (χ0) is 20.1. The molecule has 1 aromatic heterocycles. The SMILES string of the molecule is CCN(CC)C(=O)c1ccc(C)c(Oc2nc(Cc3ccc(C)cc3)ns2)c1. The summed E-state index contributed by atoms with van der Waals surface area (Å²) in [6.07, 6.45) is 0.666. The second-order valence-electron chi connectivity index (χ2n) is 6.70. The van der Waals surface area contributed by atoms with Crippen molar-refractivity contribution < 1.29 is 9.53 Å². The number of ether oxygens (including phenoxy) is 1. The summed E-state index contributed by atoms with van der Waals surface area (Å²) < 4.78 is 10.4. The Labute approximate surface area is 170 Å². The van der Waals surface area contributed by atoms with E-state index in [0.717, 1.165) is 17.0 Å². The molecule has 3 aromatic rings. The van der Waals surface area contributed by atoms with Gasteiger partial charge in [-0.15, -0.1) is 0 Å². The van der Waals surface area contributed by atoms with Crippen LogP contribution in [-0.2, 0) is 6.42 Å². The van der Waals surface area contributed by atoms with Crippen LogP contribution in [0.2, 0.25) is 0 Å². The molecule has 0 N–H and O–H groups in total. The third-order valence-corrected chi connectivity index (χ3v) is 5.25. The Hall–Kier alpha value is -2.73. The van der Waals surface area contributed by atoms with Gasteiger partial charge in [0, 0.05) is 36.6 Å². The minimum absolute atomic E-state index is 0.00664. The molecule has 0 aliphatic rings. The fraction of sp³-hybridized carbons (Fsp3) is 0.318. The highest BCUT2D eigenvalue weighted by Gasteiger charge is 2.15. The third-order valence-electron chi connectivity index (χ3n) is 4.62. The van der Waals surface area contributed by atoms with Gasteiger partial charge in [-0.25, -0.2) is 0 Å². The van der Waals surface area contributed by atoms with Gasteiger partial charge in [0.2, 0.25) is 0 Å². The van der Waals surface area contributed by atoms with Crippen molar-refractivity contribution in [2.24, 2.45) is 0 Å². The quantitative estimate of drug-likeness (QED) is 0.564. The van der Waals surface area contributed by atoms with E-state index in [0.29, 0.717) is 36.0 Å². The summed E-state index contributed by atoms with van der Waals surface area (Å²) in [6.45, 7) is 9.33. The van der Waals surface area contributed by atoms with Gasteiger partial charge in [-0.05, 0) is 51.0 Å². The van der Waals surface area contributed by atoms with Crippen LogP contribution in [0, 0.1) is 13.8 Å². The summed E-state index contributed by atoms with van der Waals surface area (Å²) in [5, 5.41) is 0.484. The lowest BCUT2D eigenvalue weighted by Gasteiger charge is -2.19. The number of amides is 1. The van der Waals surface area contributed by atoms with Gasteiger partial charge in [0.05, 0.1) is 0 Å². The van der Waals surface area contributed by atoms with Crippen LogP contribution in [0.3, 0.4) is 0 Å². The fourth-order valence-corrected chi connectivity index (χ4v) is 3.43. The lowest BCUT2D eigenvalue weighted by molar-refractivity contribution is 0.0772. The van der Waals surface area contributed by atoms with Crippen molar-refractivity contribution >= 4 is 17.4 Å². The molecule has 6 heteroatoms. The first-order chi connectivity index (χ1) is 13.5. The summed E-state index contributed by atoms with van der Waals surface area (Å²) in [7, 11) is 0. The van der Waals surface area contributed by atoms with E-state index < -0.39 is 0 Å². The van der Waals surface area contributed by atoms with Crippen LogP contribution in [0.1, 0.15) is 46.7 Å². The maximum Gasteiger partial charge on any atom is 0.298 e. The number of hydrogen-bond acceptors (Lipinski definition) is 5. The zero-order valence-electron chi connectivity index (χ0n) is 16.7. The Morgan fingerprint density at radius 2 is 1.79 bits per heavy atom. The van der Waals surface area contributed by atoms with Crippen LogP contribution in [0.4, 0.5) is 0 Å². The van der Waals surface area contributed by atoms with E-state index in [1.807, 2.05) is 32.9 Å². The molecular formula is C22H25N3O2S. The monoisotopic (exact) mass is 395 g/mol. The molecule has 3 rings (SSSR count). The van der Waals surface area contributed by atoms with E-state index in [2.05, 4.69) is 40.5 Å². The molecule has 0 saturated heterocycles. The molecule has 0 radical (unpaired) electrons. The number of aromatic nitrogens is 2. The first-order valence-electron chi connectivity index (χ1n) is 9.46. The molecule has 28 heavy (non-hydrogen) atoms. The second-order valence-corrected chi connectivity index (χ2v) is 7.41. The summed E-state index contributed by atoms with van der Waals surface area (Å²) in [5.74, 6) is 1.38. The van der Waals surface area contributed by atoms with E-state index in [1.54, 1.807) is 11.0 Å². The predicted octanol–water partition coefficient (Wildman–Crippen LogP) is 5.02. The summed E-state index contributed by atoms with van der Waals surface area (Å²) in [4.78, 5) is 18.9. The number of rotatable bonds is 7. The van der Waals surface area contributed by atoms with Gasteiger partial charge in [0.25, 0.3) is 11.1 Å². The molecule has 5 nitrogen and oxygen atoms in total. The summed E-state index contributed by atoms with van der Waals surface area (Å²) in [6, 6.07) is 13.9. The number of carbonyl (C=O) groups excluding carboxylic acids is 1. The minimum Gasteiger partial charge on any atom is -0.430 e. The van der Waals surface area contributed by atoms with Gasteiger partial charge in [-0.1, -0.05) is 35.9 Å². The van der Waals surface area contributed by atoms with Crippen LogP contribution in [0.25, 0.3) is 0 Å². The van der Waals surface area contributed by atoms with E-state index >= 15 is 0 Å². The molecule has 1 heterocycles. The zero-order valence-corrected chi connectivity index (χ0v) is 17.5. The first kappa shape index (κ1) is 20.0. The number of aryl methyl sites for hydroxylation is 2. The maximum absolute atomic E-state index is 12.6. The smallest absolute Gasteiger partial charge is 0.298 e. The van der Waals surface area contributed by atoms with E-state index in [4.69, 9.17) is 4.74 Å². The topological polar surface area (TPSA) is 55.3 Å². The molecular weight excluding hydrogens is 370 g/mol. The Kier molecular flexibility index (Phi) is 6.41. The Morgan fingerprint density at radius 1 is 1.07 bits per heavy atom. The summed E-state index contributed by atoms with van der Waals surface area (Å²) >= 11 is 1.23. The van der Waals surface area contributed by atoms with Gasteiger partial charge >= 0.3 is 0 Å². The van der Waals surface area contributed by atoms with E-state index in [1.165, 1.54) is 17.1 Å². The number of hydrogen-bond donors (Lipinski definition) is 0. The standard InChI is InChI=1S/C22H25N3O2S/c1-5-25(6-2)21(26)18-12-9-16(4)19(14-18)27-22-23-20(24-28-22)13-17-10-7-15(3)8-11-17/h7-12,14H,5-6,13H2,1-4H3. The first-order valence-corrected chi connectivity index (χ1v) is 10.2. The molecule has 0 bridgehead atoms. The number of carbonyl (C=O) groups is 1. The molecule has 0 fully saturated rings. The molecule has 0 aliphatic heterocycles. The molecule has 1 amide bonds. The van der Waals surface area contributed by atoms with E-state index in [-0.39, 0.29) is 5.91 Å². The van der Waals surface area contributed by atoms with Crippen molar-refractivity contribution in [3.63, 3.8) is 0 Å². The lowest BCUT2D eigenvalue weighted by atomic mass is 10.1. The molecule has 2 aromatic carbocycles. The van der Waals surface area contributed by atoms with Crippen molar-refractivity contribution in [2.75, 3.05) is 13.1 Å². The van der Waals surface area contributed by atoms with Crippen LogP contribution in [-0.4, -0.2) is 33.3 Å². The Balaban J connectivity index is 1.75. The average molecular weight is 396 g/mol. The molecule has 146 valence electrons. The number of nitrogens with zero attached hydrogens (tertiary/aromatic N) is 3. The largest absolute Gasteiger partial charge is 0.430 e. The molecule has 0 saturated carbocycles. The maximum atomic E-state index is 12.6. The summed E-state index contributed by atoms with van der Waals surface area (Å²) in [5.41, 5.74) is 3.96. The fourth-order valence-electron chi connectivity index (χ4n) is 2.87. The van der Waals surface area contributed by atoms with Gasteiger partial charge in [0.1, 0.15) is 5.75 Å². The average Bonchev–Trinajstić information content (AvgIpc) is 3.13. The highest BCUT2D eigenvalue weighted by molar-refractivity contribution is 7.07. The van der Waals surface area contributed by atoms with Crippen LogP contribution >= 0.6 is 11.5 Å². The van der Waals surface area contributed by atoms with Gasteiger partial charge in [0.15, 0.2) is 5.82 Å². The highest BCUT2D eigenvalue weighted by atomic mass is 32.1. The van der Waals surface area contributed by atoms with Gasteiger partial charge in [-0.3, -0.25) is 4.79 Å². The highest BCUT2D eigenvalue weighted by Crippen LogP contribution is 2.28. The van der Waals surface area contributed by atoms with Gasteiger partial charge in [-0.2, -0.15) is 9.36 Å². The lowest BCUT2D eigenvalue weighted by Crippen LogP contribution is -2.30. The minimum atomic E-state index is 0.00664. The van der Waals surface area contributed by atoms with Crippen molar-refractivity contribution in [1.29, 1.82) is 0 Å². The van der Waals surface area contributed by atoms with Gasteiger partial charge < -0.3 is 9.64 Å². The van der Waals surface area contributed by atoms with Crippen molar-refractivity contribution in [3.8, 4) is 10.9 Å². The Bertz CT molecular complexity index is 947. The molecule has 0 unspecified atom stereocenters. The van der Waals surface area contributed by atoms with Crippen LogP contribution in [0.15, 0.2) is 42.5 Å². The molecule has 0 atom stereocenters. The molecule has 0 aliphatic carbocycles. The Morgan fingerprint density at radius 3 is 2.46 bits per heavy atom. The second kappa shape index (κ2) is 8.97. The predicted molar refractivity (Wildman–Crippen MR) is 112 cm³/mol. The van der Waals surface area contributed by atoms with E-state index in [9.17, 15) is 4.79 Å².